The minimum Gasteiger partial charge on any atom is -0.391 e. The number of rotatable bonds is 5. The molecule has 2 atom stereocenters. The molecule has 0 spiro atoms. The molecule has 2 heterocycles. The Labute approximate surface area is 125 Å². The second-order valence-electron chi connectivity index (χ2n) is 4.58. The summed E-state index contributed by atoms with van der Waals surface area (Å²) in [6, 6.07) is 0. The van der Waals surface area contributed by atoms with Gasteiger partial charge in [-0.2, -0.15) is 19.2 Å². The summed E-state index contributed by atoms with van der Waals surface area (Å²) in [5.41, 5.74) is -0.287. The molecule has 118 valence electrons. The molecule has 0 bridgehead atoms. The number of H-pyrrole nitrogens is 1. The van der Waals surface area contributed by atoms with Gasteiger partial charge in [-0.05, 0) is 25.1 Å². The van der Waals surface area contributed by atoms with Crippen LogP contribution in [0.15, 0.2) is 11.0 Å². The van der Waals surface area contributed by atoms with Crippen molar-refractivity contribution in [3.8, 4) is 0 Å². The van der Waals surface area contributed by atoms with Crippen molar-refractivity contribution in [1.82, 2.24) is 9.55 Å². The molecular formula is C10H16N2O7PS+. The Bertz CT molecular complexity index is 611. The largest absolute Gasteiger partial charge is 0.567 e. The molecule has 11 heteroatoms. The molecule has 1 aliphatic heterocycles. The predicted molar refractivity (Wildman–Crippen MR) is 74.5 cm³/mol. The number of nitrogens with zero attached hydrogens (tertiary/aromatic N) is 1. The van der Waals surface area contributed by atoms with E-state index in [-0.39, 0.29) is 16.9 Å². The minimum atomic E-state index is -4.28. The van der Waals surface area contributed by atoms with Gasteiger partial charge in [0.05, 0.1) is 18.3 Å². The summed E-state index contributed by atoms with van der Waals surface area (Å²) in [6.45, 7) is -0.589. The van der Waals surface area contributed by atoms with Crippen LogP contribution in [0.3, 0.4) is 0 Å². The quantitative estimate of drug-likeness (QED) is 0.366. The fourth-order valence-corrected chi connectivity index (χ4v) is 2.68. The van der Waals surface area contributed by atoms with Crippen LogP contribution in [0.2, 0.25) is 0 Å². The second-order valence-corrected chi connectivity index (χ2v) is 6.25. The van der Waals surface area contributed by atoms with Crippen LogP contribution in [-0.4, -0.2) is 42.0 Å². The van der Waals surface area contributed by atoms with E-state index in [0.29, 0.717) is 12.8 Å². The van der Waals surface area contributed by atoms with Gasteiger partial charge in [-0.15, -0.1) is 0 Å². The molecule has 0 saturated carbocycles. The van der Waals surface area contributed by atoms with Gasteiger partial charge in [-0.1, -0.05) is 0 Å². The van der Waals surface area contributed by atoms with Gasteiger partial charge < -0.3 is 9.84 Å². The first-order valence-corrected chi connectivity index (χ1v) is 8.10. The molecule has 1 aromatic heterocycles. The van der Waals surface area contributed by atoms with Gasteiger partial charge in [0.25, 0.3) is 5.56 Å². The van der Waals surface area contributed by atoms with Gasteiger partial charge in [0.15, 0.2) is 4.77 Å². The molecule has 2 rings (SSSR count). The van der Waals surface area contributed by atoms with Crippen LogP contribution in [0.25, 0.3) is 0 Å². The molecule has 0 radical (unpaired) electrons. The average molecular weight is 339 g/mol. The molecule has 0 aliphatic carbocycles. The van der Waals surface area contributed by atoms with Gasteiger partial charge in [0.1, 0.15) is 12.8 Å². The predicted octanol–water partition coefficient (Wildman–Crippen LogP) is -0.253. The number of hydrogen-bond donors (Lipinski definition) is 5. The maximum absolute atomic E-state index is 11.5. The van der Waals surface area contributed by atoms with E-state index in [1.807, 2.05) is 0 Å². The lowest BCUT2D eigenvalue weighted by Crippen LogP contribution is -2.22. The Hall–Kier alpha value is -0.710. The first kappa shape index (κ1) is 16.7. The van der Waals surface area contributed by atoms with Crippen LogP contribution in [0.1, 0.15) is 24.6 Å². The third-order valence-corrected chi connectivity index (χ3v) is 3.85. The molecule has 9 nitrogen and oxygen atoms in total. The van der Waals surface area contributed by atoms with E-state index in [2.05, 4.69) is 9.51 Å². The lowest BCUT2D eigenvalue weighted by Gasteiger charge is -2.17. The Kier molecular flexibility index (Phi) is 5.23. The first-order valence-electron chi connectivity index (χ1n) is 6.12. The Morgan fingerprint density at radius 1 is 1.48 bits per heavy atom. The summed E-state index contributed by atoms with van der Waals surface area (Å²) in [4.78, 5) is 40.2. The molecular weight excluding hydrogens is 323 g/mol. The number of aromatic nitrogens is 2. The van der Waals surface area contributed by atoms with E-state index in [9.17, 15) is 4.79 Å². The molecule has 5 N–H and O–H groups in total. The van der Waals surface area contributed by atoms with Crippen molar-refractivity contribution < 1.29 is 29.0 Å². The summed E-state index contributed by atoms with van der Waals surface area (Å²) in [6.07, 6.45) is 1.65. The van der Waals surface area contributed by atoms with Crippen molar-refractivity contribution in [3.05, 3.63) is 26.9 Å². The van der Waals surface area contributed by atoms with Crippen LogP contribution < -0.4 is 5.56 Å². The van der Waals surface area contributed by atoms with Crippen molar-refractivity contribution in [3.63, 3.8) is 0 Å². The van der Waals surface area contributed by atoms with Crippen molar-refractivity contribution in [2.45, 2.75) is 31.8 Å². The van der Waals surface area contributed by atoms with Gasteiger partial charge >= 0.3 is 8.17 Å². The van der Waals surface area contributed by atoms with Crippen LogP contribution >= 0.6 is 20.4 Å². The van der Waals surface area contributed by atoms with Crippen molar-refractivity contribution >= 4 is 20.4 Å². The van der Waals surface area contributed by atoms with E-state index >= 15 is 0 Å². The lowest BCUT2D eigenvalue weighted by atomic mass is 10.2. The summed E-state index contributed by atoms with van der Waals surface area (Å²) >= 11 is 5.05. The highest BCUT2D eigenvalue weighted by molar-refractivity contribution is 7.71. The van der Waals surface area contributed by atoms with Crippen LogP contribution in [-0.2, 0) is 15.9 Å². The fraction of sp³-hybridized carbons (Fsp3) is 0.600. The molecule has 2 unspecified atom stereocenters. The summed E-state index contributed by atoms with van der Waals surface area (Å²) in [5, 5.41) is 9.09. The SMILES string of the molecule is O=c1[nH]c(=S)n(C2CCC(CO[P+](O)(O)O)O2)cc1CO. The monoisotopic (exact) mass is 339 g/mol. The smallest absolute Gasteiger partial charge is 0.391 e. The number of aliphatic hydroxyl groups excluding tert-OH is 1. The van der Waals surface area contributed by atoms with E-state index in [4.69, 9.17) is 36.7 Å². The van der Waals surface area contributed by atoms with Crippen LogP contribution in [0.5, 0.6) is 0 Å². The Morgan fingerprint density at radius 2 is 2.19 bits per heavy atom. The maximum Gasteiger partial charge on any atom is 0.567 e. The Morgan fingerprint density at radius 3 is 2.81 bits per heavy atom. The van der Waals surface area contributed by atoms with E-state index < -0.39 is 32.7 Å². The molecule has 1 aliphatic rings. The zero-order valence-electron chi connectivity index (χ0n) is 10.9. The molecule has 1 fully saturated rings. The molecule has 21 heavy (non-hydrogen) atoms. The highest BCUT2D eigenvalue weighted by Gasteiger charge is 2.37. The van der Waals surface area contributed by atoms with Gasteiger partial charge in [-0.3, -0.25) is 14.3 Å². The third kappa shape index (κ3) is 4.38. The summed E-state index contributed by atoms with van der Waals surface area (Å²) in [5.74, 6) is 0. The van der Waals surface area contributed by atoms with Crippen molar-refractivity contribution in [1.29, 1.82) is 0 Å². The summed E-state index contributed by atoms with van der Waals surface area (Å²) < 4.78 is 11.8. The number of aliphatic hydroxyl groups is 1. The normalized spacial score (nSPS) is 22.7. The average Bonchev–Trinajstić information content (AvgIpc) is 2.84. The standard InChI is InChI=1S/C10H15N2O7PS/c13-4-6-3-12(10(21)11-9(6)14)8-2-1-7(19-8)5-18-20(15,16)17/h3,7-8,13,15-17H,1-2,4-5H2/p+1. The number of aromatic amines is 1. The lowest BCUT2D eigenvalue weighted by molar-refractivity contribution is -0.0265. The minimum absolute atomic E-state index is 0.164. The van der Waals surface area contributed by atoms with E-state index in [1.165, 1.54) is 10.8 Å². The zero-order valence-corrected chi connectivity index (χ0v) is 12.6. The maximum atomic E-state index is 11.5. The number of hydrogen-bond acceptors (Lipinski definition) is 8. The highest BCUT2D eigenvalue weighted by atomic mass is 32.1. The van der Waals surface area contributed by atoms with Crippen molar-refractivity contribution in [2.24, 2.45) is 0 Å². The van der Waals surface area contributed by atoms with E-state index in [0.717, 1.165) is 0 Å². The van der Waals surface area contributed by atoms with E-state index in [1.54, 1.807) is 0 Å². The van der Waals surface area contributed by atoms with Crippen LogP contribution in [0, 0.1) is 4.77 Å². The molecule has 1 aromatic rings. The molecule has 1 saturated heterocycles. The third-order valence-electron chi connectivity index (χ3n) is 3.04. The molecule has 0 amide bonds. The second kappa shape index (κ2) is 6.59. The highest BCUT2D eigenvalue weighted by Crippen LogP contribution is 2.46. The fourth-order valence-electron chi connectivity index (χ4n) is 2.05. The van der Waals surface area contributed by atoms with Gasteiger partial charge in [0.2, 0.25) is 0 Å². The topological polar surface area (TPSA) is 137 Å². The van der Waals surface area contributed by atoms with Gasteiger partial charge in [0, 0.05) is 6.20 Å². The van der Waals surface area contributed by atoms with Crippen molar-refractivity contribution in [2.75, 3.05) is 6.61 Å². The van der Waals surface area contributed by atoms with Gasteiger partial charge in [-0.25, -0.2) is 0 Å². The summed E-state index contributed by atoms with van der Waals surface area (Å²) in [7, 11) is -4.28. The first-order chi connectivity index (χ1) is 9.80. The molecule has 0 aromatic carbocycles. The van der Waals surface area contributed by atoms with Crippen LogP contribution in [0.4, 0.5) is 0 Å². The number of nitrogens with one attached hydrogen (secondary N) is 1. The zero-order chi connectivity index (χ0) is 15.6. The Balaban J connectivity index is 2.08. The number of ether oxygens (including phenoxy) is 1.